The molecule has 1 rings (SSSR count). The summed E-state index contributed by atoms with van der Waals surface area (Å²) in [6.07, 6.45) is 4.68. The first-order chi connectivity index (χ1) is 9.02. The van der Waals surface area contributed by atoms with Gasteiger partial charge in [0, 0.05) is 13.5 Å². The van der Waals surface area contributed by atoms with Crippen LogP contribution in [0, 0.1) is 5.41 Å². The second-order valence-electron chi connectivity index (χ2n) is 5.76. The minimum Gasteiger partial charge on any atom is -0.373 e. The van der Waals surface area contributed by atoms with Crippen molar-refractivity contribution in [2.45, 2.75) is 59.0 Å². The van der Waals surface area contributed by atoms with Crippen LogP contribution in [0.2, 0.25) is 0 Å². The number of hydrogen-bond donors (Lipinski definition) is 1. The Morgan fingerprint density at radius 2 is 2.11 bits per heavy atom. The Kier molecular flexibility index (Phi) is 6.45. The number of nitrogens with zero attached hydrogens (tertiary/aromatic N) is 2. The number of hydrogen-bond acceptors (Lipinski definition) is 5. The average molecular weight is 269 g/mol. The zero-order valence-electron chi connectivity index (χ0n) is 12.6. The van der Waals surface area contributed by atoms with E-state index in [9.17, 15) is 0 Å². The first-order valence-corrected chi connectivity index (χ1v) is 7.07. The summed E-state index contributed by atoms with van der Waals surface area (Å²) in [6, 6.07) is 0. The standard InChI is InChI=1S/C14H27N3O2/c1-5-6-11(18-4)13-16-12(19-17-13)7-8-14(2,3)9-10-15/h11H,5-10,15H2,1-4H3. The number of aromatic nitrogens is 2. The molecule has 1 aromatic rings. The van der Waals surface area contributed by atoms with Crippen LogP contribution in [0.25, 0.3) is 0 Å². The van der Waals surface area contributed by atoms with Gasteiger partial charge in [-0.25, -0.2) is 0 Å². The minimum atomic E-state index is -0.0560. The van der Waals surface area contributed by atoms with Gasteiger partial charge >= 0.3 is 0 Å². The highest BCUT2D eigenvalue weighted by molar-refractivity contribution is 4.92. The SMILES string of the molecule is CCCC(OC)c1noc(CCC(C)(C)CCN)n1. The van der Waals surface area contributed by atoms with Gasteiger partial charge in [-0.3, -0.25) is 0 Å². The fourth-order valence-electron chi connectivity index (χ4n) is 2.08. The fourth-order valence-corrected chi connectivity index (χ4v) is 2.08. The van der Waals surface area contributed by atoms with Crippen molar-refractivity contribution in [3.8, 4) is 0 Å². The summed E-state index contributed by atoms with van der Waals surface area (Å²) in [5, 5.41) is 4.02. The maximum atomic E-state index is 5.61. The van der Waals surface area contributed by atoms with E-state index in [4.69, 9.17) is 15.0 Å². The third-order valence-electron chi connectivity index (χ3n) is 3.44. The lowest BCUT2D eigenvalue weighted by Gasteiger charge is -2.22. The second-order valence-corrected chi connectivity index (χ2v) is 5.76. The molecule has 0 bridgehead atoms. The molecule has 0 aliphatic carbocycles. The van der Waals surface area contributed by atoms with Crippen LogP contribution in [0.3, 0.4) is 0 Å². The Balaban J connectivity index is 2.55. The van der Waals surface area contributed by atoms with E-state index < -0.39 is 0 Å². The predicted octanol–water partition coefficient (Wildman–Crippen LogP) is 2.86. The molecule has 0 spiro atoms. The van der Waals surface area contributed by atoms with E-state index >= 15 is 0 Å². The van der Waals surface area contributed by atoms with Crippen molar-refractivity contribution in [1.29, 1.82) is 0 Å². The summed E-state index contributed by atoms with van der Waals surface area (Å²) in [7, 11) is 1.68. The maximum absolute atomic E-state index is 5.61. The van der Waals surface area contributed by atoms with E-state index in [0.29, 0.717) is 18.3 Å². The monoisotopic (exact) mass is 269 g/mol. The van der Waals surface area contributed by atoms with E-state index in [0.717, 1.165) is 32.1 Å². The van der Waals surface area contributed by atoms with Crippen LogP contribution in [-0.2, 0) is 11.2 Å². The Morgan fingerprint density at radius 1 is 1.37 bits per heavy atom. The fraction of sp³-hybridized carbons (Fsp3) is 0.857. The molecule has 2 N–H and O–H groups in total. The van der Waals surface area contributed by atoms with Crippen LogP contribution in [0.15, 0.2) is 4.52 Å². The molecule has 0 aliphatic rings. The van der Waals surface area contributed by atoms with Crippen LogP contribution in [-0.4, -0.2) is 23.8 Å². The van der Waals surface area contributed by atoms with Crippen LogP contribution in [0.1, 0.15) is 64.3 Å². The highest BCUT2D eigenvalue weighted by atomic mass is 16.5. The van der Waals surface area contributed by atoms with Gasteiger partial charge in [0.2, 0.25) is 11.7 Å². The van der Waals surface area contributed by atoms with Gasteiger partial charge in [-0.1, -0.05) is 32.3 Å². The molecule has 1 aromatic heterocycles. The maximum Gasteiger partial charge on any atom is 0.226 e. The minimum absolute atomic E-state index is 0.0560. The van der Waals surface area contributed by atoms with E-state index in [1.54, 1.807) is 7.11 Å². The normalized spacial score (nSPS) is 13.7. The lowest BCUT2D eigenvalue weighted by molar-refractivity contribution is 0.0854. The van der Waals surface area contributed by atoms with Gasteiger partial charge in [-0.15, -0.1) is 0 Å². The zero-order valence-corrected chi connectivity index (χ0v) is 12.6. The van der Waals surface area contributed by atoms with Crippen molar-refractivity contribution in [3.63, 3.8) is 0 Å². The molecule has 0 amide bonds. The number of nitrogens with two attached hydrogens (primary N) is 1. The average Bonchev–Trinajstić information content (AvgIpc) is 2.82. The van der Waals surface area contributed by atoms with Crippen LogP contribution in [0.4, 0.5) is 0 Å². The molecule has 0 saturated heterocycles. The smallest absolute Gasteiger partial charge is 0.226 e. The topological polar surface area (TPSA) is 74.2 Å². The summed E-state index contributed by atoms with van der Waals surface area (Å²) in [5.74, 6) is 1.36. The van der Waals surface area contributed by atoms with Gasteiger partial charge in [0.15, 0.2) is 0 Å². The largest absolute Gasteiger partial charge is 0.373 e. The van der Waals surface area contributed by atoms with E-state index in [-0.39, 0.29) is 11.5 Å². The van der Waals surface area contributed by atoms with E-state index in [1.165, 1.54) is 0 Å². The molecule has 5 nitrogen and oxygen atoms in total. The molecule has 0 fully saturated rings. The van der Waals surface area contributed by atoms with Crippen molar-refractivity contribution in [2.75, 3.05) is 13.7 Å². The first-order valence-electron chi connectivity index (χ1n) is 7.07. The van der Waals surface area contributed by atoms with Gasteiger partial charge in [-0.05, 0) is 31.2 Å². The van der Waals surface area contributed by atoms with Crippen LogP contribution >= 0.6 is 0 Å². The third-order valence-corrected chi connectivity index (χ3v) is 3.44. The second kappa shape index (κ2) is 7.60. The molecular weight excluding hydrogens is 242 g/mol. The molecule has 1 atom stereocenters. The zero-order chi connectivity index (χ0) is 14.3. The Hall–Kier alpha value is -0.940. The molecule has 0 aliphatic heterocycles. The third kappa shape index (κ3) is 5.28. The van der Waals surface area contributed by atoms with Gasteiger partial charge in [0.25, 0.3) is 0 Å². The summed E-state index contributed by atoms with van der Waals surface area (Å²) < 4.78 is 10.7. The lowest BCUT2D eigenvalue weighted by atomic mass is 9.84. The quantitative estimate of drug-likeness (QED) is 0.746. The van der Waals surface area contributed by atoms with Gasteiger partial charge < -0.3 is 15.0 Å². The highest BCUT2D eigenvalue weighted by Gasteiger charge is 2.20. The van der Waals surface area contributed by atoms with E-state index in [1.807, 2.05) is 0 Å². The number of ether oxygens (including phenoxy) is 1. The number of rotatable bonds is 9. The molecule has 5 heteroatoms. The molecule has 1 heterocycles. The Labute approximate surface area is 115 Å². The summed E-state index contributed by atoms with van der Waals surface area (Å²) in [5.41, 5.74) is 5.83. The Bertz CT molecular complexity index is 363. The van der Waals surface area contributed by atoms with Crippen LogP contribution < -0.4 is 5.73 Å². The number of aryl methyl sites for hydroxylation is 1. The van der Waals surface area contributed by atoms with E-state index in [2.05, 4.69) is 30.9 Å². The molecule has 0 saturated carbocycles. The molecular formula is C14H27N3O2. The molecule has 110 valence electrons. The van der Waals surface area contributed by atoms with Crippen molar-refractivity contribution in [3.05, 3.63) is 11.7 Å². The number of methoxy groups -OCH3 is 1. The molecule has 19 heavy (non-hydrogen) atoms. The van der Waals surface area contributed by atoms with Crippen molar-refractivity contribution in [1.82, 2.24) is 10.1 Å². The van der Waals surface area contributed by atoms with Crippen molar-refractivity contribution < 1.29 is 9.26 Å². The first kappa shape index (κ1) is 16.1. The highest BCUT2D eigenvalue weighted by Crippen LogP contribution is 2.26. The van der Waals surface area contributed by atoms with Crippen LogP contribution in [0.5, 0.6) is 0 Å². The van der Waals surface area contributed by atoms with Gasteiger partial charge in [0.1, 0.15) is 6.10 Å². The lowest BCUT2D eigenvalue weighted by Crippen LogP contribution is -2.17. The molecule has 0 radical (unpaired) electrons. The van der Waals surface area contributed by atoms with Crippen molar-refractivity contribution >= 4 is 0 Å². The van der Waals surface area contributed by atoms with Crippen molar-refractivity contribution in [2.24, 2.45) is 11.1 Å². The van der Waals surface area contributed by atoms with Gasteiger partial charge in [0.05, 0.1) is 0 Å². The summed E-state index contributed by atoms with van der Waals surface area (Å²) >= 11 is 0. The molecule has 1 unspecified atom stereocenters. The predicted molar refractivity (Wildman–Crippen MR) is 74.7 cm³/mol. The molecule has 0 aromatic carbocycles. The Morgan fingerprint density at radius 3 is 2.68 bits per heavy atom. The summed E-state index contributed by atoms with van der Waals surface area (Å²) in [4.78, 5) is 4.43. The summed E-state index contributed by atoms with van der Waals surface area (Å²) in [6.45, 7) is 7.26. The van der Waals surface area contributed by atoms with Gasteiger partial charge in [-0.2, -0.15) is 4.98 Å².